The monoisotopic (exact) mass is 246 g/mol. The molecule has 0 radical (unpaired) electrons. The van der Waals surface area contributed by atoms with Crippen LogP contribution in [-0.4, -0.2) is 11.5 Å². The summed E-state index contributed by atoms with van der Waals surface area (Å²) >= 11 is 0. The van der Waals surface area contributed by atoms with Gasteiger partial charge in [0.1, 0.15) is 0 Å². The summed E-state index contributed by atoms with van der Waals surface area (Å²) in [7, 11) is 0. The van der Waals surface area contributed by atoms with Crippen LogP contribution in [0.2, 0.25) is 0 Å². The Morgan fingerprint density at radius 3 is 2.84 bits per heavy atom. The van der Waals surface area contributed by atoms with Gasteiger partial charge in [-0.2, -0.15) is 0 Å². The minimum atomic E-state index is 1.05. The van der Waals surface area contributed by atoms with Gasteiger partial charge in [0.05, 0.1) is 5.52 Å². The fourth-order valence-corrected chi connectivity index (χ4v) is 2.73. The molecule has 0 fully saturated rings. The average Bonchev–Trinajstić information content (AvgIpc) is 2.94. The molecule has 1 aliphatic rings. The van der Waals surface area contributed by atoms with Gasteiger partial charge in [-0.25, -0.2) is 0 Å². The quantitative estimate of drug-likeness (QED) is 0.705. The number of hydrogen-bond acceptors (Lipinski definition) is 2. The largest absolute Gasteiger partial charge is 0.384 e. The molecule has 0 saturated heterocycles. The lowest BCUT2D eigenvalue weighted by atomic mass is 10.0. The van der Waals surface area contributed by atoms with Gasteiger partial charge < -0.3 is 5.32 Å². The maximum Gasteiger partial charge on any atom is 0.0702 e. The summed E-state index contributed by atoms with van der Waals surface area (Å²) in [6.45, 7) is 1.06. The number of anilines is 1. The second kappa shape index (κ2) is 4.09. The number of pyridine rings is 1. The van der Waals surface area contributed by atoms with Crippen molar-refractivity contribution in [1.29, 1.82) is 0 Å². The summed E-state index contributed by atoms with van der Waals surface area (Å²) in [5.41, 5.74) is 6.26. The van der Waals surface area contributed by atoms with Gasteiger partial charge in [-0.3, -0.25) is 4.98 Å². The summed E-state index contributed by atoms with van der Waals surface area (Å²) in [4.78, 5) is 4.36. The fraction of sp³-hybridized carbons (Fsp3) is 0.118. The highest BCUT2D eigenvalue weighted by Crippen LogP contribution is 2.30. The van der Waals surface area contributed by atoms with E-state index in [1.54, 1.807) is 0 Å². The lowest BCUT2D eigenvalue weighted by Gasteiger charge is -2.06. The average molecular weight is 246 g/mol. The van der Waals surface area contributed by atoms with E-state index in [2.05, 4.69) is 52.8 Å². The van der Waals surface area contributed by atoms with E-state index in [0.717, 1.165) is 18.5 Å². The van der Waals surface area contributed by atoms with Crippen molar-refractivity contribution in [2.24, 2.45) is 0 Å². The van der Waals surface area contributed by atoms with Crippen LogP contribution >= 0.6 is 0 Å². The number of benzene rings is 2. The van der Waals surface area contributed by atoms with Crippen LogP contribution in [0.4, 0.5) is 5.69 Å². The first-order valence-electron chi connectivity index (χ1n) is 6.62. The van der Waals surface area contributed by atoms with Gasteiger partial charge in [0.2, 0.25) is 0 Å². The van der Waals surface area contributed by atoms with E-state index in [4.69, 9.17) is 0 Å². The number of hydrogen-bond donors (Lipinski definition) is 1. The Morgan fingerprint density at radius 1 is 0.947 bits per heavy atom. The number of aromatic nitrogens is 1. The zero-order valence-electron chi connectivity index (χ0n) is 10.6. The van der Waals surface area contributed by atoms with E-state index >= 15 is 0 Å². The highest BCUT2D eigenvalue weighted by atomic mass is 14.9. The van der Waals surface area contributed by atoms with Crippen LogP contribution in [0.25, 0.3) is 22.0 Å². The molecule has 4 rings (SSSR count). The summed E-state index contributed by atoms with van der Waals surface area (Å²) in [6, 6.07) is 17.2. The van der Waals surface area contributed by atoms with Crippen molar-refractivity contribution >= 4 is 16.6 Å². The van der Waals surface area contributed by atoms with Crippen LogP contribution in [0.5, 0.6) is 0 Å². The predicted molar refractivity (Wildman–Crippen MR) is 79.4 cm³/mol. The van der Waals surface area contributed by atoms with Crippen LogP contribution in [0.3, 0.4) is 0 Å². The van der Waals surface area contributed by atoms with E-state index in [1.807, 2.05) is 12.3 Å². The molecule has 0 amide bonds. The Kier molecular flexibility index (Phi) is 2.27. The minimum Gasteiger partial charge on any atom is -0.384 e. The molecule has 1 aromatic heterocycles. The van der Waals surface area contributed by atoms with E-state index in [9.17, 15) is 0 Å². The fourth-order valence-electron chi connectivity index (χ4n) is 2.73. The molecule has 0 aliphatic carbocycles. The molecule has 0 unspecified atom stereocenters. The normalized spacial score (nSPS) is 13.3. The van der Waals surface area contributed by atoms with Gasteiger partial charge in [-0.05, 0) is 47.4 Å². The lowest BCUT2D eigenvalue weighted by Crippen LogP contribution is -1.91. The van der Waals surface area contributed by atoms with Gasteiger partial charge in [-0.15, -0.1) is 0 Å². The van der Waals surface area contributed by atoms with E-state index in [1.165, 1.54) is 27.8 Å². The van der Waals surface area contributed by atoms with Crippen molar-refractivity contribution in [1.82, 2.24) is 4.98 Å². The molecule has 0 spiro atoms. The standard InChI is InChI=1S/C17H14N2/c1-2-15-10-13(5-6-16(15)18-8-1)14-4-3-12-7-9-19-17(12)11-14/h1-6,8,10-11,19H,7,9H2. The maximum atomic E-state index is 4.36. The Morgan fingerprint density at radius 2 is 1.84 bits per heavy atom. The van der Waals surface area contributed by atoms with Crippen molar-refractivity contribution in [3.63, 3.8) is 0 Å². The predicted octanol–water partition coefficient (Wildman–Crippen LogP) is 3.87. The molecular formula is C17H14N2. The van der Waals surface area contributed by atoms with Crippen LogP contribution < -0.4 is 5.32 Å². The molecule has 2 heterocycles. The highest BCUT2D eigenvalue weighted by Gasteiger charge is 2.10. The highest BCUT2D eigenvalue weighted by molar-refractivity contribution is 5.85. The van der Waals surface area contributed by atoms with E-state index in [0.29, 0.717) is 0 Å². The third kappa shape index (κ3) is 1.76. The Balaban J connectivity index is 1.85. The summed E-state index contributed by atoms with van der Waals surface area (Å²) in [5, 5.41) is 4.62. The maximum absolute atomic E-state index is 4.36. The van der Waals surface area contributed by atoms with Gasteiger partial charge in [0.25, 0.3) is 0 Å². The molecule has 19 heavy (non-hydrogen) atoms. The van der Waals surface area contributed by atoms with Gasteiger partial charge in [0.15, 0.2) is 0 Å². The molecule has 92 valence electrons. The first-order valence-corrected chi connectivity index (χ1v) is 6.62. The van der Waals surface area contributed by atoms with E-state index in [-0.39, 0.29) is 0 Å². The first kappa shape index (κ1) is 10.6. The second-order valence-corrected chi connectivity index (χ2v) is 4.96. The molecule has 0 saturated carbocycles. The van der Waals surface area contributed by atoms with Crippen molar-refractivity contribution in [3.8, 4) is 11.1 Å². The molecular weight excluding hydrogens is 232 g/mol. The summed E-state index contributed by atoms with van der Waals surface area (Å²) < 4.78 is 0. The van der Waals surface area contributed by atoms with Gasteiger partial charge in [-0.1, -0.05) is 24.3 Å². The van der Waals surface area contributed by atoms with Crippen molar-refractivity contribution < 1.29 is 0 Å². The van der Waals surface area contributed by atoms with Gasteiger partial charge in [0, 0.05) is 23.8 Å². The third-order valence-corrected chi connectivity index (χ3v) is 3.76. The van der Waals surface area contributed by atoms with Crippen molar-refractivity contribution in [2.75, 3.05) is 11.9 Å². The van der Waals surface area contributed by atoms with Gasteiger partial charge >= 0.3 is 0 Å². The van der Waals surface area contributed by atoms with Crippen LogP contribution in [0, 0.1) is 0 Å². The number of nitrogens with zero attached hydrogens (tertiary/aromatic N) is 1. The summed E-state index contributed by atoms with van der Waals surface area (Å²) in [5.74, 6) is 0. The second-order valence-electron chi connectivity index (χ2n) is 4.96. The molecule has 0 atom stereocenters. The summed E-state index contributed by atoms with van der Waals surface area (Å²) in [6.07, 6.45) is 2.97. The van der Waals surface area contributed by atoms with Crippen LogP contribution in [0.1, 0.15) is 5.56 Å². The smallest absolute Gasteiger partial charge is 0.0702 e. The molecule has 2 heteroatoms. The Bertz CT molecular complexity index is 762. The Labute approximate surface area is 112 Å². The molecule has 2 aromatic carbocycles. The SMILES string of the molecule is c1cnc2ccc(-c3ccc4c(c3)NCC4)cc2c1. The van der Waals surface area contributed by atoms with Crippen LogP contribution in [0.15, 0.2) is 54.7 Å². The number of nitrogens with one attached hydrogen (secondary N) is 1. The molecule has 1 aliphatic heterocycles. The lowest BCUT2D eigenvalue weighted by molar-refractivity contribution is 1.11. The molecule has 2 nitrogen and oxygen atoms in total. The third-order valence-electron chi connectivity index (χ3n) is 3.76. The number of rotatable bonds is 1. The minimum absolute atomic E-state index is 1.05. The first-order chi connectivity index (χ1) is 9.40. The zero-order chi connectivity index (χ0) is 12.7. The number of fused-ring (bicyclic) bond motifs is 2. The Hall–Kier alpha value is -2.35. The van der Waals surface area contributed by atoms with E-state index < -0.39 is 0 Å². The van der Waals surface area contributed by atoms with Crippen molar-refractivity contribution in [3.05, 3.63) is 60.3 Å². The molecule has 1 N–H and O–H groups in total. The zero-order valence-corrected chi connectivity index (χ0v) is 10.6. The molecule has 0 bridgehead atoms. The van der Waals surface area contributed by atoms with Crippen LogP contribution in [-0.2, 0) is 6.42 Å². The topological polar surface area (TPSA) is 24.9 Å². The molecule has 3 aromatic rings. The van der Waals surface area contributed by atoms with Crippen molar-refractivity contribution in [2.45, 2.75) is 6.42 Å².